The molecule has 2 N–H and O–H groups in total. The molecule has 1 heterocycles. The van der Waals surface area contributed by atoms with Crippen LogP contribution in [0.4, 0.5) is 0 Å². The maximum absolute atomic E-state index is 9.21. The van der Waals surface area contributed by atoms with E-state index in [1.807, 2.05) is 24.4 Å². The Morgan fingerprint density at radius 2 is 1.56 bits per heavy atom. The third kappa shape index (κ3) is 2.13. The molecule has 0 bridgehead atoms. The van der Waals surface area contributed by atoms with Gasteiger partial charge in [0, 0.05) is 11.7 Å². The quantitative estimate of drug-likeness (QED) is 0.646. The summed E-state index contributed by atoms with van der Waals surface area (Å²) >= 11 is 0. The summed E-state index contributed by atoms with van der Waals surface area (Å²) in [5, 5.41) is 10.4. The molecule has 0 radical (unpaired) electrons. The molecule has 0 aliphatic rings. The van der Waals surface area contributed by atoms with E-state index in [-0.39, 0.29) is 0 Å². The molecule has 3 aromatic rings. The Bertz CT molecular complexity index is 692. The highest BCUT2D eigenvalue weighted by Crippen LogP contribution is 2.17. The average molecular weight is 235 g/mol. The number of H-pyrrole nitrogens is 1. The SMILES string of the molecule is Oc1ccc(/C=C/c2ccc3[nH]ccc3c2)cc1. The number of phenols is 1. The van der Waals surface area contributed by atoms with Crippen molar-refractivity contribution >= 4 is 23.1 Å². The Kier molecular flexibility index (Phi) is 2.61. The van der Waals surface area contributed by atoms with Crippen LogP contribution in [-0.4, -0.2) is 10.1 Å². The lowest BCUT2D eigenvalue weighted by Crippen LogP contribution is -1.74. The zero-order valence-electron chi connectivity index (χ0n) is 9.80. The first kappa shape index (κ1) is 10.7. The van der Waals surface area contributed by atoms with Crippen LogP contribution in [-0.2, 0) is 0 Å². The molecular weight excluding hydrogens is 222 g/mol. The number of hydrogen-bond acceptors (Lipinski definition) is 1. The maximum Gasteiger partial charge on any atom is 0.115 e. The van der Waals surface area contributed by atoms with Gasteiger partial charge in [-0.2, -0.15) is 0 Å². The number of phenolic OH excluding ortho intramolecular Hbond substituents is 1. The molecule has 0 aliphatic heterocycles. The molecule has 0 unspecified atom stereocenters. The first-order valence-electron chi connectivity index (χ1n) is 5.85. The fraction of sp³-hybridized carbons (Fsp3) is 0. The largest absolute Gasteiger partial charge is 0.508 e. The number of fused-ring (bicyclic) bond motifs is 1. The van der Waals surface area contributed by atoms with E-state index in [2.05, 4.69) is 35.3 Å². The van der Waals surface area contributed by atoms with Crippen molar-refractivity contribution < 1.29 is 5.11 Å². The van der Waals surface area contributed by atoms with Gasteiger partial charge in [-0.1, -0.05) is 30.4 Å². The molecule has 0 amide bonds. The number of aromatic hydroxyl groups is 1. The van der Waals surface area contributed by atoms with Crippen LogP contribution in [0.1, 0.15) is 11.1 Å². The Hall–Kier alpha value is -2.48. The molecule has 0 spiro atoms. The highest BCUT2D eigenvalue weighted by molar-refractivity contribution is 5.83. The lowest BCUT2D eigenvalue weighted by Gasteiger charge is -1.96. The molecular formula is C16H13NO. The fourth-order valence-electron chi connectivity index (χ4n) is 1.95. The van der Waals surface area contributed by atoms with E-state index in [9.17, 15) is 5.11 Å². The standard InChI is InChI=1S/C16H13NO/c18-15-6-3-12(4-7-15)1-2-13-5-8-16-14(11-13)9-10-17-16/h1-11,17-18H/b2-1+. The molecule has 88 valence electrons. The minimum Gasteiger partial charge on any atom is -0.508 e. The third-order valence-corrected chi connectivity index (χ3v) is 2.94. The Labute approximate surface area is 105 Å². The van der Waals surface area contributed by atoms with Crippen molar-refractivity contribution in [3.05, 3.63) is 65.9 Å². The van der Waals surface area contributed by atoms with Gasteiger partial charge in [0.2, 0.25) is 0 Å². The minimum atomic E-state index is 0.292. The minimum absolute atomic E-state index is 0.292. The zero-order valence-corrected chi connectivity index (χ0v) is 9.80. The van der Waals surface area contributed by atoms with Gasteiger partial charge in [-0.3, -0.25) is 0 Å². The second kappa shape index (κ2) is 4.41. The second-order valence-electron chi connectivity index (χ2n) is 4.25. The van der Waals surface area contributed by atoms with Crippen molar-refractivity contribution in [2.45, 2.75) is 0 Å². The summed E-state index contributed by atoms with van der Waals surface area (Å²) in [6.07, 6.45) is 6.05. The topological polar surface area (TPSA) is 36.0 Å². The van der Waals surface area contributed by atoms with E-state index in [1.54, 1.807) is 12.1 Å². The van der Waals surface area contributed by atoms with Crippen molar-refractivity contribution in [1.29, 1.82) is 0 Å². The molecule has 18 heavy (non-hydrogen) atoms. The molecule has 0 atom stereocenters. The van der Waals surface area contributed by atoms with E-state index in [1.165, 1.54) is 5.39 Å². The second-order valence-corrected chi connectivity index (χ2v) is 4.25. The summed E-state index contributed by atoms with van der Waals surface area (Å²) in [4.78, 5) is 3.17. The van der Waals surface area contributed by atoms with Crippen molar-refractivity contribution in [3.8, 4) is 5.75 Å². The van der Waals surface area contributed by atoms with E-state index >= 15 is 0 Å². The molecule has 0 fully saturated rings. The Morgan fingerprint density at radius 1 is 0.833 bits per heavy atom. The van der Waals surface area contributed by atoms with Crippen LogP contribution in [0.25, 0.3) is 23.1 Å². The van der Waals surface area contributed by atoms with Gasteiger partial charge in [0.25, 0.3) is 0 Å². The van der Waals surface area contributed by atoms with Crippen LogP contribution in [0.3, 0.4) is 0 Å². The van der Waals surface area contributed by atoms with Gasteiger partial charge in [0.05, 0.1) is 0 Å². The predicted octanol–water partition coefficient (Wildman–Crippen LogP) is 4.04. The molecule has 0 saturated heterocycles. The Balaban J connectivity index is 1.88. The zero-order chi connectivity index (χ0) is 12.4. The Morgan fingerprint density at radius 3 is 2.39 bits per heavy atom. The van der Waals surface area contributed by atoms with Gasteiger partial charge in [0.15, 0.2) is 0 Å². The lowest BCUT2D eigenvalue weighted by molar-refractivity contribution is 0.475. The van der Waals surface area contributed by atoms with E-state index < -0.39 is 0 Å². The lowest BCUT2D eigenvalue weighted by atomic mass is 10.1. The van der Waals surface area contributed by atoms with Crippen molar-refractivity contribution in [1.82, 2.24) is 4.98 Å². The average Bonchev–Trinajstić information content (AvgIpc) is 2.85. The number of aromatic amines is 1. The van der Waals surface area contributed by atoms with Crippen LogP contribution in [0.5, 0.6) is 5.75 Å². The third-order valence-electron chi connectivity index (χ3n) is 2.94. The summed E-state index contributed by atoms with van der Waals surface area (Å²) in [5.74, 6) is 0.292. The van der Waals surface area contributed by atoms with Gasteiger partial charge in [-0.15, -0.1) is 0 Å². The van der Waals surface area contributed by atoms with E-state index in [0.717, 1.165) is 16.6 Å². The van der Waals surface area contributed by atoms with Gasteiger partial charge in [-0.05, 0) is 46.8 Å². The molecule has 0 aliphatic carbocycles. The summed E-state index contributed by atoms with van der Waals surface area (Å²) in [5.41, 5.74) is 3.38. The smallest absolute Gasteiger partial charge is 0.115 e. The normalized spacial score (nSPS) is 11.3. The van der Waals surface area contributed by atoms with Crippen LogP contribution < -0.4 is 0 Å². The fourth-order valence-corrected chi connectivity index (χ4v) is 1.95. The van der Waals surface area contributed by atoms with Crippen LogP contribution in [0, 0.1) is 0 Å². The summed E-state index contributed by atoms with van der Waals surface area (Å²) in [6.45, 7) is 0. The van der Waals surface area contributed by atoms with Crippen molar-refractivity contribution in [3.63, 3.8) is 0 Å². The summed E-state index contributed by atoms with van der Waals surface area (Å²) in [7, 11) is 0. The number of rotatable bonds is 2. The van der Waals surface area contributed by atoms with Crippen LogP contribution in [0.2, 0.25) is 0 Å². The van der Waals surface area contributed by atoms with Gasteiger partial charge in [0.1, 0.15) is 5.75 Å². The van der Waals surface area contributed by atoms with Gasteiger partial charge >= 0.3 is 0 Å². The molecule has 0 saturated carbocycles. The van der Waals surface area contributed by atoms with E-state index in [0.29, 0.717) is 5.75 Å². The van der Waals surface area contributed by atoms with Crippen LogP contribution >= 0.6 is 0 Å². The first-order chi connectivity index (χ1) is 8.81. The van der Waals surface area contributed by atoms with Gasteiger partial charge < -0.3 is 10.1 Å². The highest BCUT2D eigenvalue weighted by atomic mass is 16.3. The summed E-state index contributed by atoms with van der Waals surface area (Å²) in [6, 6.07) is 15.5. The highest BCUT2D eigenvalue weighted by Gasteiger charge is 1.94. The molecule has 2 nitrogen and oxygen atoms in total. The molecule has 2 aromatic carbocycles. The first-order valence-corrected chi connectivity index (χ1v) is 5.85. The van der Waals surface area contributed by atoms with Crippen molar-refractivity contribution in [2.24, 2.45) is 0 Å². The summed E-state index contributed by atoms with van der Waals surface area (Å²) < 4.78 is 0. The monoisotopic (exact) mass is 235 g/mol. The van der Waals surface area contributed by atoms with E-state index in [4.69, 9.17) is 0 Å². The van der Waals surface area contributed by atoms with Gasteiger partial charge in [-0.25, -0.2) is 0 Å². The number of benzene rings is 2. The predicted molar refractivity (Wildman–Crippen MR) is 75.3 cm³/mol. The molecule has 1 aromatic heterocycles. The molecule has 3 rings (SSSR count). The number of nitrogens with one attached hydrogen (secondary N) is 1. The van der Waals surface area contributed by atoms with Crippen molar-refractivity contribution in [2.75, 3.05) is 0 Å². The van der Waals surface area contributed by atoms with Crippen LogP contribution in [0.15, 0.2) is 54.7 Å². The number of hydrogen-bond donors (Lipinski definition) is 2. The maximum atomic E-state index is 9.21. The molecule has 2 heteroatoms. The number of aromatic nitrogens is 1.